The first kappa shape index (κ1) is 16.4. The van der Waals surface area contributed by atoms with Gasteiger partial charge in [-0.25, -0.2) is 0 Å². The third-order valence-electron chi connectivity index (χ3n) is 2.60. The molecule has 8 heteroatoms. The summed E-state index contributed by atoms with van der Waals surface area (Å²) in [5, 5.41) is 17.0. The third-order valence-corrected chi connectivity index (χ3v) is 3.48. The molecule has 1 atom stereocenters. The topological polar surface area (TPSA) is 96.0 Å². The smallest absolute Gasteiger partial charge is 0.282 e. The highest BCUT2D eigenvalue weighted by Gasteiger charge is 2.12. The van der Waals surface area contributed by atoms with E-state index in [0.29, 0.717) is 10.1 Å². The third kappa shape index (κ3) is 5.52. The molecule has 0 radical (unpaired) electrons. The molecule has 7 nitrogen and oxygen atoms in total. The summed E-state index contributed by atoms with van der Waals surface area (Å²) in [5.74, 6) is -0.367. The van der Waals surface area contributed by atoms with Gasteiger partial charge in [0.1, 0.15) is 0 Å². The van der Waals surface area contributed by atoms with Crippen molar-refractivity contribution >= 4 is 28.3 Å². The lowest BCUT2D eigenvalue weighted by molar-refractivity contribution is -0.121. The predicted molar refractivity (Wildman–Crippen MR) is 78.9 cm³/mol. The molecule has 0 aromatic carbocycles. The Morgan fingerprint density at radius 3 is 2.70 bits per heavy atom. The molecule has 0 aliphatic rings. The maximum absolute atomic E-state index is 11.8. The second-order valence-electron chi connectivity index (χ2n) is 4.33. The number of nitrogens with one attached hydrogen (secondary N) is 3. The van der Waals surface area contributed by atoms with Gasteiger partial charge in [0.05, 0.1) is 0 Å². The van der Waals surface area contributed by atoms with E-state index in [-0.39, 0.29) is 30.8 Å². The van der Waals surface area contributed by atoms with Crippen LogP contribution in [0.4, 0.5) is 5.13 Å². The molecule has 1 heterocycles. The summed E-state index contributed by atoms with van der Waals surface area (Å²) < 4.78 is 0. The molecule has 0 bridgehead atoms. The van der Waals surface area contributed by atoms with E-state index in [1.807, 2.05) is 20.8 Å². The van der Waals surface area contributed by atoms with Crippen molar-refractivity contribution in [1.82, 2.24) is 20.8 Å². The number of anilines is 1. The number of rotatable bonds is 8. The first-order valence-electron chi connectivity index (χ1n) is 6.71. The molecular weight excluding hydrogens is 278 g/mol. The molecule has 1 aromatic rings. The van der Waals surface area contributed by atoms with Crippen LogP contribution in [0.15, 0.2) is 0 Å². The maximum Gasteiger partial charge on any atom is 0.282 e. The highest BCUT2D eigenvalue weighted by Crippen LogP contribution is 2.14. The van der Waals surface area contributed by atoms with Crippen molar-refractivity contribution in [2.75, 3.05) is 18.4 Å². The lowest BCUT2D eigenvalue weighted by Gasteiger charge is -2.11. The minimum Gasteiger partial charge on any atom is -0.360 e. The van der Waals surface area contributed by atoms with Gasteiger partial charge in [0, 0.05) is 25.6 Å². The van der Waals surface area contributed by atoms with E-state index in [0.717, 1.165) is 13.0 Å². The van der Waals surface area contributed by atoms with Gasteiger partial charge in [0.15, 0.2) is 0 Å². The predicted octanol–water partition coefficient (Wildman–Crippen LogP) is 1.00. The van der Waals surface area contributed by atoms with Crippen LogP contribution in [0, 0.1) is 0 Å². The Balaban J connectivity index is 2.30. The maximum atomic E-state index is 11.8. The first-order valence-corrected chi connectivity index (χ1v) is 7.53. The number of carbonyl (C=O) groups excluding carboxylic acids is 2. The Labute approximate surface area is 122 Å². The van der Waals surface area contributed by atoms with Crippen LogP contribution in [0.25, 0.3) is 0 Å². The lowest BCUT2D eigenvalue weighted by atomic mass is 10.2. The molecule has 0 spiro atoms. The van der Waals surface area contributed by atoms with E-state index in [1.165, 1.54) is 11.3 Å². The lowest BCUT2D eigenvalue weighted by Crippen LogP contribution is -2.35. The van der Waals surface area contributed by atoms with Crippen molar-refractivity contribution in [3.63, 3.8) is 0 Å². The number of amides is 2. The number of carbonyl (C=O) groups is 2. The summed E-state index contributed by atoms with van der Waals surface area (Å²) >= 11 is 1.19. The second kappa shape index (κ2) is 8.47. The van der Waals surface area contributed by atoms with Gasteiger partial charge in [-0.05, 0) is 20.3 Å². The molecule has 1 unspecified atom stereocenters. The van der Waals surface area contributed by atoms with Gasteiger partial charge < -0.3 is 16.0 Å². The SMILES string of the molecule is CCNc1nnc(C(=O)NCCC(=O)NC(C)CC)s1. The molecule has 2 amide bonds. The largest absolute Gasteiger partial charge is 0.360 e. The van der Waals surface area contributed by atoms with Gasteiger partial charge in [0.25, 0.3) is 5.91 Å². The standard InChI is InChI=1S/C12H21N5O2S/c1-4-8(3)15-9(18)6-7-14-10(19)11-16-17-12(20-11)13-5-2/h8H,4-7H2,1-3H3,(H,13,17)(H,14,19)(H,15,18). The zero-order chi connectivity index (χ0) is 15.0. The molecule has 0 saturated carbocycles. The van der Waals surface area contributed by atoms with E-state index >= 15 is 0 Å². The Morgan fingerprint density at radius 1 is 1.30 bits per heavy atom. The number of hydrogen-bond acceptors (Lipinski definition) is 6. The molecular formula is C12H21N5O2S. The molecule has 1 rings (SSSR count). The first-order chi connectivity index (χ1) is 9.56. The summed E-state index contributed by atoms with van der Waals surface area (Å²) in [7, 11) is 0. The quantitative estimate of drug-likeness (QED) is 0.665. The van der Waals surface area contributed by atoms with Crippen molar-refractivity contribution in [2.45, 2.75) is 39.7 Å². The minimum atomic E-state index is -0.303. The van der Waals surface area contributed by atoms with Crippen molar-refractivity contribution in [3.8, 4) is 0 Å². The van der Waals surface area contributed by atoms with Crippen LogP contribution < -0.4 is 16.0 Å². The second-order valence-corrected chi connectivity index (χ2v) is 5.30. The van der Waals surface area contributed by atoms with E-state index < -0.39 is 0 Å². The van der Waals surface area contributed by atoms with Crippen LogP contribution in [-0.4, -0.2) is 41.1 Å². The normalized spacial score (nSPS) is 11.8. The monoisotopic (exact) mass is 299 g/mol. The highest BCUT2D eigenvalue weighted by molar-refractivity contribution is 7.17. The van der Waals surface area contributed by atoms with Crippen LogP contribution in [-0.2, 0) is 4.79 Å². The summed E-state index contributed by atoms with van der Waals surface area (Å²) in [6.45, 7) is 6.91. The van der Waals surface area contributed by atoms with E-state index in [9.17, 15) is 9.59 Å². The Hall–Kier alpha value is -1.70. The fourth-order valence-corrected chi connectivity index (χ4v) is 2.08. The molecule has 112 valence electrons. The van der Waals surface area contributed by atoms with Crippen LogP contribution in [0.3, 0.4) is 0 Å². The number of hydrogen-bond donors (Lipinski definition) is 3. The molecule has 0 aliphatic carbocycles. The van der Waals surface area contributed by atoms with Crippen LogP contribution in [0.1, 0.15) is 43.4 Å². The number of nitrogens with zero attached hydrogens (tertiary/aromatic N) is 2. The van der Waals surface area contributed by atoms with Crippen LogP contribution in [0.2, 0.25) is 0 Å². The van der Waals surface area contributed by atoms with Crippen LogP contribution >= 0.6 is 11.3 Å². The van der Waals surface area contributed by atoms with E-state index in [2.05, 4.69) is 26.1 Å². The average molecular weight is 299 g/mol. The summed E-state index contributed by atoms with van der Waals surface area (Å²) in [4.78, 5) is 23.3. The molecule has 0 aliphatic heterocycles. The van der Waals surface area contributed by atoms with Crippen LogP contribution in [0.5, 0.6) is 0 Å². The Bertz CT molecular complexity index is 449. The molecule has 3 N–H and O–H groups in total. The molecule has 1 aromatic heterocycles. The molecule has 0 fully saturated rings. The zero-order valence-electron chi connectivity index (χ0n) is 12.0. The molecule has 0 saturated heterocycles. The van der Waals surface area contributed by atoms with Gasteiger partial charge in [-0.3, -0.25) is 9.59 Å². The van der Waals surface area contributed by atoms with Crippen molar-refractivity contribution in [2.24, 2.45) is 0 Å². The Kier molecular flexibility index (Phi) is 6.92. The zero-order valence-corrected chi connectivity index (χ0v) is 12.8. The van der Waals surface area contributed by atoms with Gasteiger partial charge in [-0.15, -0.1) is 10.2 Å². The summed E-state index contributed by atoms with van der Waals surface area (Å²) in [6.07, 6.45) is 1.14. The fraction of sp³-hybridized carbons (Fsp3) is 0.667. The van der Waals surface area contributed by atoms with Gasteiger partial charge >= 0.3 is 0 Å². The van der Waals surface area contributed by atoms with E-state index in [1.54, 1.807) is 0 Å². The van der Waals surface area contributed by atoms with Crippen molar-refractivity contribution < 1.29 is 9.59 Å². The van der Waals surface area contributed by atoms with Gasteiger partial charge in [-0.2, -0.15) is 0 Å². The molecule has 20 heavy (non-hydrogen) atoms. The van der Waals surface area contributed by atoms with Crippen molar-refractivity contribution in [1.29, 1.82) is 0 Å². The summed E-state index contributed by atoms with van der Waals surface area (Å²) in [5.41, 5.74) is 0. The van der Waals surface area contributed by atoms with Gasteiger partial charge in [-0.1, -0.05) is 18.3 Å². The number of aromatic nitrogens is 2. The average Bonchev–Trinajstić information content (AvgIpc) is 2.87. The van der Waals surface area contributed by atoms with E-state index in [4.69, 9.17) is 0 Å². The van der Waals surface area contributed by atoms with Gasteiger partial charge in [0.2, 0.25) is 16.0 Å². The highest BCUT2D eigenvalue weighted by atomic mass is 32.1. The summed E-state index contributed by atoms with van der Waals surface area (Å²) in [6, 6.07) is 0.157. The minimum absolute atomic E-state index is 0.0646. The van der Waals surface area contributed by atoms with Crippen molar-refractivity contribution in [3.05, 3.63) is 5.01 Å². The fourth-order valence-electron chi connectivity index (χ4n) is 1.35. The Morgan fingerprint density at radius 2 is 2.05 bits per heavy atom.